The lowest BCUT2D eigenvalue weighted by Gasteiger charge is -2.40. The van der Waals surface area contributed by atoms with Gasteiger partial charge in [-0.25, -0.2) is 4.79 Å². The highest BCUT2D eigenvalue weighted by molar-refractivity contribution is 7.99. The van der Waals surface area contributed by atoms with E-state index in [4.69, 9.17) is 4.74 Å². The minimum absolute atomic E-state index is 0.356. The summed E-state index contributed by atoms with van der Waals surface area (Å²) in [5.41, 5.74) is 1.72. The van der Waals surface area contributed by atoms with Crippen LogP contribution in [0.5, 0.6) is 0 Å². The molecular formula is C20H20O2S2. The van der Waals surface area contributed by atoms with Gasteiger partial charge in [-0.3, -0.25) is 0 Å². The van der Waals surface area contributed by atoms with E-state index >= 15 is 0 Å². The van der Waals surface area contributed by atoms with Gasteiger partial charge in [-0.1, -0.05) is 54.7 Å². The first-order valence-corrected chi connectivity index (χ1v) is 9.40. The van der Waals surface area contributed by atoms with Crippen LogP contribution in [0.15, 0.2) is 70.5 Å². The smallest absolute Gasteiger partial charge is 0.334 e. The summed E-state index contributed by atoms with van der Waals surface area (Å²) in [5.74, 6) is 0.384. The van der Waals surface area contributed by atoms with E-state index in [0.717, 1.165) is 33.1 Å². The molecule has 3 rings (SSSR count). The van der Waals surface area contributed by atoms with Crippen molar-refractivity contribution in [1.29, 1.82) is 0 Å². The molecule has 0 spiro atoms. The minimum Gasteiger partial charge on any atom is -0.446 e. The lowest BCUT2D eigenvalue weighted by molar-refractivity contribution is -0.153. The summed E-state index contributed by atoms with van der Waals surface area (Å²) in [4.78, 5) is 14.7. The standard InChI is InChI=1S/C20H20O2S2/c1-14(2)19(21)22-20(12-7-13-23)15-8-3-5-10-17(15)24-18-11-6-4-9-16(18)20/h3-6,8-11,23H,1,7,12-13H2,2H3. The first-order chi connectivity index (χ1) is 11.6. The number of hydrogen-bond acceptors (Lipinski definition) is 4. The van der Waals surface area contributed by atoms with E-state index < -0.39 is 5.60 Å². The van der Waals surface area contributed by atoms with Crippen molar-refractivity contribution in [3.63, 3.8) is 0 Å². The van der Waals surface area contributed by atoms with Gasteiger partial charge in [-0.05, 0) is 37.7 Å². The Kier molecular flexibility index (Phi) is 5.07. The molecule has 0 bridgehead atoms. The van der Waals surface area contributed by atoms with E-state index in [2.05, 4.69) is 43.5 Å². The number of fused-ring (bicyclic) bond motifs is 2. The van der Waals surface area contributed by atoms with Crippen molar-refractivity contribution < 1.29 is 9.53 Å². The van der Waals surface area contributed by atoms with Gasteiger partial charge in [0, 0.05) is 26.5 Å². The average molecular weight is 357 g/mol. The number of ether oxygens (including phenoxy) is 1. The fraction of sp³-hybridized carbons (Fsp3) is 0.250. The van der Waals surface area contributed by atoms with Crippen molar-refractivity contribution >= 4 is 30.4 Å². The van der Waals surface area contributed by atoms with E-state index in [-0.39, 0.29) is 5.97 Å². The van der Waals surface area contributed by atoms with E-state index in [1.807, 2.05) is 24.3 Å². The number of carbonyl (C=O) groups excluding carboxylic acids is 1. The van der Waals surface area contributed by atoms with Gasteiger partial charge in [0.15, 0.2) is 5.60 Å². The van der Waals surface area contributed by atoms with Gasteiger partial charge in [-0.2, -0.15) is 12.6 Å². The zero-order chi connectivity index (χ0) is 17.2. The lowest BCUT2D eigenvalue weighted by atomic mass is 9.81. The molecule has 2 nitrogen and oxygen atoms in total. The molecule has 1 heterocycles. The molecule has 0 aromatic heterocycles. The van der Waals surface area contributed by atoms with E-state index in [1.165, 1.54) is 0 Å². The molecule has 1 aliphatic rings. The highest BCUT2D eigenvalue weighted by Gasteiger charge is 2.44. The van der Waals surface area contributed by atoms with Gasteiger partial charge in [0.25, 0.3) is 0 Å². The summed E-state index contributed by atoms with van der Waals surface area (Å²) in [6.07, 6.45) is 1.55. The molecule has 24 heavy (non-hydrogen) atoms. The summed E-state index contributed by atoms with van der Waals surface area (Å²) in [6.45, 7) is 5.43. The predicted octanol–water partition coefficient (Wildman–Crippen LogP) is 5.22. The maximum atomic E-state index is 12.5. The normalized spacial score (nSPS) is 14.4. The number of hydrogen-bond donors (Lipinski definition) is 1. The van der Waals surface area contributed by atoms with Gasteiger partial charge in [0.1, 0.15) is 0 Å². The first kappa shape index (κ1) is 17.2. The number of esters is 1. The van der Waals surface area contributed by atoms with Crippen LogP contribution in [0, 0.1) is 0 Å². The molecule has 0 aliphatic carbocycles. The molecule has 2 aromatic rings. The molecule has 0 saturated heterocycles. The highest BCUT2D eigenvalue weighted by Crippen LogP contribution is 2.52. The molecule has 0 unspecified atom stereocenters. The molecule has 1 aliphatic heterocycles. The molecule has 124 valence electrons. The molecule has 0 atom stereocenters. The molecule has 2 aromatic carbocycles. The van der Waals surface area contributed by atoms with Crippen LogP contribution in [-0.4, -0.2) is 11.7 Å². The largest absolute Gasteiger partial charge is 0.446 e. The fourth-order valence-corrected chi connectivity index (χ4v) is 4.42. The third-order valence-electron chi connectivity index (χ3n) is 4.17. The molecule has 0 radical (unpaired) electrons. The van der Waals surface area contributed by atoms with E-state index in [0.29, 0.717) is 12.0 Å². The van der Waals surface area contributed by atoms with Crippen molar-refractivity contribution in [2.24, 2.45) is 0 Å². The first-order valence-electron chi connectivity index (χ1n) is 7.95. The summed E-state index contributed by atoms with van der Waals surface area (Å²) >= 11 is 6.09. The predicted molar refractivity (Wildman–Crippen MR) is 102 cm³/mol. The third-order valence-corrected chi connectivity index (χ3v) is 5.63. The summed E-state index contributed by atoms with van der Waals surface area (Å²) in [7, 11) is 0. The van der Waals surface area contributed by atoms with E-state index in [1.54, 1.807) is 18.7 Å². The van der Waals surface area contributed by atoms with Crippen molar-refractivity contribution in [3.8, 4) is 0 Å². The minimum atomic E-state index is -0.781. The maximum absolute atomic E-state index is 12.5. The Morgan fingerprint density at radius 2 is 1.67 bits per heavy atom. The second-order valence-electron chi connectivity index (χ2n) is 5.92. The Labute approximate surface area is 152 Å². The summed E-state index contributed by atoms with van der Waals surface area (Å²) < 4.78 is 6.11. The number of thiol groups is 1. The molecular weight excluding hydrogens is 336 g/mol. The monoisotopic (exact) mass is 356 g/mol. The Balaban J connectivity index is 2.21. The van der Waals surface area contributed by atoms with Crippen molar-refractivity contribution in [2.45, 2.75) is 35.2 Å². The number of benzene rings is 2. The molecule has 0 fully saturated rings. The fourth-order valence-electron chi connectivity index (χ4n) is 3.05. The van der Waals surface area contributed by atoms with Crippen LogP contribution < -0.4 is 0 Å². The molecule has 4 heteroatoms. The SMILES string of the molecule is C=C(C)C(=O)OC1(CCCS)c2ccccc2Sc2ccccc21. The van der Waals surface area contributed by atoms with Crippen LogP contribution in [0.3, 0.4) is 0 Å². The molecule has 0 amide bonds. The second-order valence-corrected chi connectivity index (χ2v) is 7.45. The highest BCUT2D eigenvalue weighted by atomic mass is 32.2. The zero-order valence-electron chi connectivity index (χ0n) is 13.6. The van der Waals surface area contributed by atoms with Crippen LogP contribution in [0.1, 0.15) is 30.9 Å². The van der Waals surface area contributed by atoms with E-state index in [9.17, 15) is 4.79 Å². The van der Waals surface area contributed by atoms with Gasteiger partial charge in [0.2, 0.25) is 0 Å². The zero-order valence-corrected chi connectivity index (χ0v) is 15.3. The second kappa shape index (κ2) is 7.08. The van der Waals surface area contributed by atoms with Crippen LogP contribution in [0.4, 0.5) is 0 Å². The topological polar surface area (TPSA) is 26.3 Å². The van der Waals surface area contributed by atoms with Crippen LogP contribution in [0.25, 0.3) is 0 Å². The van der Waals surface area contributed by atoms with Gasteiger partial charge < -0.3 is 4.74 Å². The number of carbonyl (C=O) groups is 1. The average Bonchev–Trinajstić information content (AvgIpc) is 2.60. The summed E-state index contributed by atoms with van der Waals surface area (Å²) in [5, 5.41) is 0. The molecule has 0 N–H and O–H groups in total. The third kappa shape index (κ3) is 3.01. The van der Waals surface area contributed by atoms with Gasteiger partial charge in [-0.15, -0.1) is 0 Å². The van der Waals surface area contributed by atoms with Crippen LogP contribution in [-0.2, 0) is 15.1 Å². The quantitative estimate of drug-likeness (QED) is 0.452. The Morgan fingerprint density at radius 1 is 1.12 bits per heavy atom. The summed E-state index contributed by atoms with van der Waals surface area (Å²) in [6, 6.07) is 16.3. The molecule has 0 saturated carbocycles. The van der Waals surface area contributed by atoms with Crippen LogP contribution >= 0.6 is 24.4 Å². The lowest BCUT2D eigenvalue weighted by Crippen LogP contribution is -2.37. The Morgan fingerprint density at radius 3 is 2.17 bits per heavy atom. The Hall–Kier alpha value is -1.65. The van der Waals surface area contributed by atoms with Crippen molar-refractivity contribution in [3.05, 3.63) is 71.8 Å². The van der Waals surface area contributed by atoms with Gasteiger partial charge in [0.05, 0.1) is 0 Å². The van der Waals surface area contributed by atoms with Crippen molar-refractivity contribution in [2.75, 3.05) is 5.75 Å². The van der Waals surface area contributed by atoms with Crippen molar-refractivity contribution in [1.82, 2.24) is 0 Å². The Bertz CT molecular complexity index is 737. The van der Waals surface area contributed by atoms with Gasteiger partial charge >= 0.3 is 5.97 Å². The van der Waals surface area contributed by atoms with Crippen LogP contribution in [0.2, 0.25) is 0 Å². The number of rotatable bonds is 5. The maximum Gasteiger partial charge on any atom is 0.334 e.